The van der Waals surface area contributed by atoms with Crippen molar-refractivity contribution in [3.63, 3.8) is 0 Å². The maximum Gasteiger partial charge on any atom is 0.320 e. The molecule has 0 radical (unpaired) electrons. The topological polar surface area (TPSA) is 46.6 Å². The van der Waals surface area contributed by atoms with E-state index in [0.29, 0.717) is 25.4 Å². The summed E-state index contributed by atoms with van der Waals surface area (Å²) in [6.07, 6.45) is -0.0677. The van der Waals surface area contributed by atoms with Gasteiger partial charge in [0.15, 0.2) is 0 Å². The molecule has 1 fully saturated rings. The van der Waals surface area contributed by atoms with E-state index in [9.17, 15) is 9.59 Å². The van der Waals surface area contributed by atoms with Crippen molar-refractivity contribution >= 4 is 11.8 Å². The van der Waals surface area contributed by atoms with Crippen LogP contribution in [0.2, 0.25) is 0 Å². The number of nitrogens with zero attached hydrogens (tertiary/aromatic N) is 1. The van der Waals surface area contributed by atoms with Gasteiger partial charge in [0, 0.05) is 24.9 Å². The summed E-state index contributed by atoms with van der Waals surface area (Å²) in [6, 6.07) is 0. The lowest BCUT2D eigenvalue weighted by molar-refractivity contribution is -0.152. The van der Waals surface area contributed by atoms with Crippen LogP contribution in [0, 0.1) is 11.8 Å². The first-order chi connectivity index (χ1) is 7.40. The molecule has 0 N–H and O–H groups in total. The first kappa shape index (κ1) is 13.2. The Labute approximate surface area is 96.9 Å². The van der Waals surface area contributed by atoms with Gasteiger partial charge >= 0.3 is 5.97 Å². The summed E-state index contributed by atoms with van der Waals surface area (Å²) in [4.78, 5) is 24.9. The standard InChI is InChI=1S/C12H21NO3/c1-8(2)12(15)10-5-13(6-10)7-11(14)16-9(3)4/h8-10H,5-7H2,1-4H3. The average molecular weight is 227 g/mol. The highest BCUT2D eigenvalue weighted by molar-refractivity contribution is 5.84. The van der Waals surface area contributed by atoms with Gasteiger partial charge in [-0.25, -0.2) is 0 Å². The molecule has 0 aromatic rings. The number of esters is 1. The van der Waals surface area contributed by atoms with Gasteiger partial charge in [-0.1, -0.05) is 13.8 Å². The van der Waals surface area contributed by atoms with Gasteiger partial charge in [-0.3, -0.25) is 14.5 Å². The fourth-order valence-electron chi connectivity index (χ4n) is 1.83. The highest BCUT2D eigenvalue weighted by atomic mass is 16.5. The Morgan fingerprint density at radius 3 is 2.25 bits per heavy atom. The van der Waals surface area contributed by atoms with Crippen molar-refractivity contribution < 1.29 is 14.3 Å². The van der Waals surface area contributed by atoms with E-state index in [2.05, 4.69) is 0 Å². The highest BCUT2D eigenvalue weighted by Crippen LogP contribution is 2.19. The second kappa shape index (κ2) is 5.43. The van der Waals surface area contributed by atoms with Crippen LogP contribution in [0.1, 0.15) is 27.7 Å². The molecule has 0 spiro atoms. The van der Waals surface area contributed by atoms with E-state index >= 15 is 0 Å². The Morgan fingerprint density at radius 1 is 1.25 bits per heavy atom. The largest absolute Gasteiger partial charge is 0.462 e. The van der Waals surface area contributed by atoms with Gasteiger partial charge < -0.3 is 4.74 Å². The molecule has 1 rings (SSSR count). The molecule has 1 aliphatic heterocycles. The van der Waals surface area contributed by atoms with E-state index in [0.717, 1.165) is 0 Å². The molecule has 0 aliphatic carbocycles. The first-order valence-corrected chi connectivity index (χ1v) is 5.85. The number of hydrogen-bond acceptors (Lipinski definition) is 4. The van der Waals surface area contributed by atoms with Crippen molar-refractivity contribution in [2.24, 2.45) is 11.8 Å². The molecule has 16 heavy (non-hydrogen) atoms. The fourth-order valence-corrected chi connectivity index (χ4v) is 1.83. The number of rotatable bonds is 5. The number of likely N-dealkylation sites (tertiary alicyclic amines) is 1. The molecule has 0 atom stereocenters. The van der Waals surface area contributed by atoms with Crippen LogP contribution >= 0.6 is 0 Å². The van der Waals surface area contributed by atoms with Crippen molar-refractivity contribution in [3.05, 3.63) is 0 Å². The SMILES string of the molecule is CC(C)OC(=O)CN1CC(C(=O)C(C)C)C1. The lowest BCUT2D eigenvalue weighted by Crippen LogP contribution is -2.53. The molecule has 1 aliphatic rings. The molecule has 0 saturated carbocycles. The van der Waals surface area contributed by atoms with E-state index in [1.165, 1.54) is 0 Å². The molecule has 0 amide bonds. The number of carbonyl (C=O) groups is 2. The van der Waals surface area contributed by atoms with Crippen LogP contribution in [0.15, 0.2) is 0 Å². The van der Waals surface area contributed by atoms with Gasteiger partial charge in [-0.05, 0) is 13.8 Å². The Morgan fingerprint density at radius 2 is 1.81 bits per heavy atom. The summed E-state index contributed by atoms with van der Waals surface area (Å²) in [5, 5.41) is 0. The second-order valence-corrected chi connectivity index (χ2v) is 4.99. The zero-order chi connectivity index (χ0) is 12.3. The van der Waals surface area contributed by atoms with Gasteiger partial charge in [-0.2, -0.15) is 0 Å². The maximum absolute atomic E-state index is 11.6. The van der Waals surface area contributed by atoms with E-state index in [1.807, 2.05) is 32.6 Å². The minimum Gasteiger partial charge on any atom is -0.462 e. The Balaban J connectivity index is 2.21. The normalized spacial score (nSPS) is 17.6. The summed E-state index contributed by atoms with van der Waals surface area (Å²) in [6.45, 7) is 9.20. The lowest BCUT2D eigenvalue weighted by atomic mass is 9.89. The van der Waals surface area contributed by atoms with Crippen LogP contribution in [-0.2, 0) is 14.3 Å². The predicted octanol–water partition coefficient (Wildman–Crippen LogP) is 1.09. The quantitative estimate of drug-likeness (QED) is 0.660. The van der Waals surface area contributed by atoms with Gasteiger partial charge in [-0.15, -0.1) is 0 Å². The molecule has 0 unspecified atom stereocenters. The molecule has 4 nitrogen and oxygen atoms in total. The summed E-state index contributed by atoms with van der Waals surface area (Å²) in [5.41, 5.74) is 0. The Bertz CT molecular complexity index is 267. The van der Waals surface area contributed by atoms with E-state index in [1.54, 1.807) is 0 Å². The third-order valence-corrected chi connectivity index (χ3v) is 2.65. The number of ketones is 1. The molecule has 1 heterocycles. The summed E-state index contributed by atoms with van der Waals surface area (Å²) in [7, 11) is 0. The van der Waals surface area contributed by atoms with Gasteiger partial charge in [0.1, 0.15) is 5.78 Å². The van der Waals surface area contributed by atoms with Crippen molar-refractivity contribution in [1.29, 1.82) is 0 Å². The molecule has 0 aromatic heterocycles. The summed E-state index contributed by atoms with van der Waals surface area (Å²) in [5.74, 6) is 0.306. The zero-order valence-electron chi connectivity index (χ0n) is 10.5. The fraction of sp³-hybridized carbons (Fsp3) is 0.833. The van der Waals surface area contributed by atoms with Crippen molar-refractivity contribution in [2.75, 3.05) is 19.6 Å². The minimum absolute atomic E-state index is 0.0677. The van der Waals surface area contributed by atoms with Gasteiger partial charge in [0.2, 0.25) is 0 Å². The predicted molar refractivity (Wildman–Crippen MR) is 61.0 cm³/mol. The summed E-state index contributed by atoms with van der Waals surface area (Å²) < 4.78 is 5.03. The maximum atomic E-state index is 11.6. The smallest absolute Gasteiger partial charge is 0.320 e. The van der Waals surface area contributed by atoms with E-state index in [-0.39, 0.29) is 23.9 Å². The number of ether oxygens (including phenoxy) is 1. The summed E-state index contributed by atoms with van der Waals surface area (Å²) >= 11 is 0. The Hall–Kier alpha value is -0.900. The minimum atomic E-state index is -0.203. The van der Waals surface area contributed by atoms with Gasteiger partial charge in [0.25, 0.3) is 0 Å². The molecular formula is C12H21NO3. The molecular weight excluding hydrogens is 206 g/mol. The highest BCUT2D eigenvalue weighted by Gasteiger charge is 2.34. The third-order valence-electron chi connectivity index (χ3n) is 2.65. The molecule has 0 aromatic carbocycles. The molecule has 0 bridgehead atoms. The van der Waals surface area contributed by atoms with Crippen molar-refractivity contribution in [3.8, 4) is 0 Å². The van der Waals surface area contributed by atoms with Crippen LogP contribution in [-0.4, -0.2) is 42.4 Å². The van der Waals surface area contributed by atoms with Crippen LogP contribution in [0.25, 0.3) is 0 Å². The van der Waals surface area contributed by atoms with Crippen molar-refractivity contribution in [1.82, 2.24) is 4.90 Å². The average Bonchev–Trinajstić information content (AvgIpc) is 2.08. The van der Waals surface area contributed by atoms with Gasteiger partial charge in [0.05, 0.1) is 12.6 Å². The van der Waals surface area contributed by atoms with Crippen LogP contribution in [0.5, 0.6) is 0 Å². The van der Waals surface area contributed by atoms with E-state index in [4.69, 9.17) is 4.74 Å². The molecule has 92 valence electrons. The Kier molecular flexibility index (Phi) is 4.47. The number of hydrogen-bond donors (Lipinski definition) is 0. The third kappa shape index (κ3) is 3.59. The second-order valence-electron chi connectivity index (χ2n) is 4.99. The molecule has 4 heteroatoms. The van der Waals surface area contributed by atoms with Crippen LogP contribution in [0.3, 0.4) is 0 Å². The first-order valence-electron chi connectivity index (χ1n) is 5.85. The van der Waals surface area contributed by atoms with Crippen LogP contribution < -0.4 is 0 Å². The molecule has 1 saturated heterocycles. The monoisotopic (exact) mass is 227 g/mol. The number of carbonyl (C=O) groups excluding carboxylic acids is 2. The lowest BCUT2D eigenvalue weighted by Gasteiger charge is -2.38. The van der Waals surface area contributed by atoms with Crippen LogP contribution in [0.4, 0.5) is 0 Å². The van der Waals surface area contributed by atoms with Crippen molar-refractivity contribution in [2.45, 2.75) is 33.8 Å². The van der Waals surface area contributed by atoms with E-state index < -0.39 is 0 Å². The number of Topliss-reactive ketones (excluding diaryl/α,β-unsaturated/α-hetero) is 1. The zero-order valence-corrected chi connectivity index (χ0v) is 10.5.